The Hall–Kier alpha value is -1.84. The Morgan fingerprint density at radius 2 is 1.85 bits per heavy atom. The Bertz CT molecular complexity index is 773. The van der Waals surface area contributed by atoms with E-state index in [0.717, 1.165) is 4.31 Å². The largest absolute Gasteiger partial charge is 0.493 e. The van der Waals surface area contributed by atoms with E-state index in [2.05, 4.69) is 10.0 Å². The quantitative estimate of drug-likeness (QED) is 0.812. The first kappa shape index (κ1) is 20.5. The van der Waals surface area contributed by atoms with Crippen molar-refractivity contribution in [3.8, 4) is 11.5 Å². The van der Waals surface area contributed by atoms with E-state index < -0.39 is 27.8 Å². The van der Waals surface area contributed by atoms with Crippen LogP contribution in [0, 0.1) is 0 Å². The Morgan fingerprint density at radius 3 is 2.38 bits per heavy atom. The highest BCUT2D eigenvalue weighted by Crippen LogP contribution is 2.34. The van der Waals surface area contributed by atoms with Gasteiger partial charge in [-0.05, 0) is 44.9 Å². The van der Waals surface area contributed by atoms with E-state index in [1.807, 2.05) is 20.8 Å². The average molecular weight is 385 g/mol. The van der Waals surface area contributed by atoms with Crippen molar-refractivity contribution in [3.05, 3.63) is 23.8 Å². The summed E-state index contributed by atoms with van der Waals surface area (Å²) in [4.78, 5) is 12.6. The van der Waals surface area contributed by atoms with Crippen molar-refractivity contribution >= 4 is 16.1 Å². The van der Waals surface area contributed by atoms with E-state index in [9.17, 15) is 13.2 Å². The maximum Gasteiger partial charge on any atom is 0.280 e. The number of likely N-dealkylation sites (N-methyl/N-ethyl adjacent to an activating group) is 1. The fraction of sp³-hybridized carbons (Fsp3) is 0.588. The summed E-state index contributed by atoms with van der Waals surface area (Å²) in [5, 5.41) is 2.85. The van der Waals surface area contributed by atoms with Gasteiger partial charge in [-0.3, -0.25) is 4.79 Å². The molecule has 9 heteroatoms. The number of amides is 1. The van der Waals surface area contributed by atoms with Crippen LogP contribution in [-0.2, 0) is 15.0 Å². The molecule has 1 saturated heterocycles. The van der Waals surface area contributed by atoms with Gasteiger partial charge in [0.25, 0.3) is 10.2 Å². The third-order valence-corrected chi connectivity index (χ3v) is 5.77. The predicted molar refractivity (Wildman–Crippen MR) is 98.4 cm³/mol. The van der Waals surface area contributed by atoms with E-state index in [-0.39, 0.29) is 5.91 Å². The number of carbonyl (C=O) groups excluding carboxylic acids is 1. The van der Waals surface area contributed by atoms with Crippen LogP contribution in [0.1, 0.15) is 38.8 Å². The van der Waals surface area contributed by atoms with Crippen LogP contribution in [0.4, 0.5) is 0 Å². The van der Waals surface area contributed by atoms with Gasteiger partial charge in [-0.2, -0.15) is 17.4 Å². The van der Waals surface area contributed by atoms with Gasteiger partial charge < -0.3 is 14.8 Å². The molecule has 2 rings (SSSR count). The Balaban J connectivity index is 2.35. The predicted octanol–water partition coefficient (Wildman–Crippen LogP) is 1.20. The first-order chi connectivity index (χ1) is 12.0. The molecule has 146 valence electrons. The zero-order chi connectivity index (χ0) is 19.7. The molecule has 1 amide bonds. The summed E-state index contributed by atoms with van der Waals surface area (Å²) in [6.45, 7) is 5.56. The third kappa shape index (κ3) is 4.46. The molecular weight excluding hydrogens is 358 g/mol. The molecular formula is C17H27N3O5S. The molecule has 1 fully saturated rings. The second-order valence-electron chi connectivity index (χ2n) is 7.30. The lowest BCUT2D eigenvalue weighted by Crippen LogP contribution is -2.59. The average Bonchev–Trinajstić information content (AvgIpc) is 2.54. The lowest BCUT2D eigenvalue weighted by molar-refractivity contribution is -0.126. The van der Waals surface area contributed by atoms with Gasteiger partial charge in [-0.25, -0.2) is 0 Å². The second kappa shape index (κ2) is 7.42. The molecule has 1 aliphatic heterocycles. The smallest absolute Gasteiger partial charge is 0.280 e. The monoisotopic (exact) mass is 385 g/mol. The summed E-state index contributed by atoms with van der Waals surface area (Å²) in [6, 6.07) is 3.84. The lowest BCUT2D eigenvalue weighted by atomic mass is 9.98. The normalized spacial score (nSPS) is 23.3. The van der Waals surface area contributed by atoms with Gasteiger partial charge in [-0.1, -0.05) is 6.07 Å². The number of rotatable bonds is 4. The molecule has 1 aliphatic rings. The number of hydrogen-bond donors (Lipinski definition) is 2. The van der Waals surface area contributed by atoms with Crippen molar-refractivity contribution in [2.75, 3.05) is 21.3 Å². The lowest BCUT2D eigenvalue weighted by Gasteiger charge is -2.37. The number of nitrogens with one attached hydrogen (secondary N) is 2. The van der Waals surface area contributed by atoms with Crippen molar-refractivity contribution in [1.82, 2.24) is 14.3 Å². The van der Waals surface area contributed by atoms with Crippen LogP contribution in [0.2, 0.25) is 0 Å². The molecule has 2 N–H and O–H groups in total. The molecule has 0 radical (unpaired) electrons. The van der Waals surface area contributed by atoms with Crippen molar-refractivity contribution in [3.63, 3.8) is 0 Å². The van der Waals surface area contributed by atoms with Gasteiger partial charge in [0, 0.05) is 12.6 Å². The molecule has 0 aliphatic carbocycles. The van der Waals surface area contributed by atoms with Crippen LogP contribution in [-0.4, -0.2) is 51.5 Å². The first-order valence-electron chi connectivity index (χ1n) is 8.27. The van der Waals surface area contributed by atoms with E-state index in [1.165, 1.54) is 21.3 Å². The fourth-order valence-electron chi connectivity index (χ4n) is 2.85. The second-order valence-corrected chi connectivity index (χ2v) is 9.06. The summed E-state index contributed by atoms with van der Waals surface area (Å²) in [7, 11) is 0.654. The van der Waals surface area contributed by atoms with Crippen molar-refractivity contribution in [1.29, 1.82) is 0 Å². The topological polar surface area (TPSA) is 97.0 Å². The zero-order valence-corrected chi connectivity index (χ0v) is 16.8. The van der Waals surface area contributed by atoms with Crippen LogP contribution in [0.3, 0.4) is 0 Å². The molecule has 1 aromatic carbocycles. The summed E-state index contributed by atoms with van der Waals surface area (Å²) in [6.07, 6.45) is 0.299. The van der Waals surface area contributed by atoms with E-state index in [1.54, 1.807) is 18.2 Å². The summed E-state index contributed by atoms with van der Waals surface area (Å²) in [5.74, 6) is 0.725. The van der Waals surface area contributed by atoms with E-state index >= 15 is 0 Å². The molecule has 0 unspecified atom stereocenters. The molecule has 0 aromatic heterocycles. The molecule has 8 nitrogen and oxygen atoms in total. The number of methoxy groups -OCH3 is 2. The summed E-state index contributed by atoms with van der Waals surface area (Å²) >= 11 is 0. The highest BCUT2D eigenvalue weighted by atomic mass is 32.2. The third-order valence-electron chi connectivity index (χ3n) is 4.18. The van der Waals surface area contributed by atoms with Gasteiger partial charge >= 0.3 is 0 Å². The molecule has 1 heterocycles. The zero-order valence-electron chi connectivity index (χ0n) is 16.0. The summed E-state index contributed by atoms with van der Waals surface area (Å²) < 4.78 is 39.2. The van der Waals surface area contributed by atoms with Crippen LogP contribution in [0.15, 0.2) is 18.2 Å². The Morgan fingerprint density at radius 1 is 1.23 bits per heavy atom. The van der Waals surface area contributed by atoms with Crippen LogP contribution in [0.25, 0.3) is 0 Å². The van der Waals surface area contributed by atoms with Gasteiger partial charge in [0.2, 0.25) is 5.91 Å². The van der Waals surface area contributed by atoms with Crippen LogP contribution >= 0.6 is 0 Å². The number of carbonyl (C=O) groups is 1. The summed E-state index contributed by atoms with van der Waals surface area (Å²) in [5.41, 5.74) is 0.249. The van der Waals surface area contributed by atoms with Gasteiger partial charge in [0.05, 0.1) is 20.3 Å². The molecule has 0 spiro atoms. The minimum atomic E-state index is -3.79. The molecule has 2 atom stereocenters. The molecule has 0 bridgehead atoms. The van der Waals surface area contributed by atoms with Crippen molar-refractivity contribution in [2.24, 2.45) is 0 Å². The van der Waals surface area contributed by atoms with Gasteiger partial charge in [-0.15, -0.1) is 0 Å². The van der Waals surface area contributed by atoms with Crippen molar-refractivity contribution < 1.29 is 22.7 Å². The minimum Gasteiger partial charge on any atom is -0.493 e. The maximum absolute atomic E-state index is 12.6. The maximum atomic E-state index is 12.6. The Labute approximate surface area is 155 Å². The van der Waals surface area contributed by atoms with Gasteiger partial charge in [0.1, 0.15) is 6.04 Å². The first-order valence-corrected chi connectivity index (χ1v) is 9.71. The number of nitrogens with zero attached hydrogens (tertiary/aromatic N) is 1. The van der Waals surface area contributed by atoms with Gasteiger partial charge in [0.15, 0.2) is 11.5 Å². The fourth-order valence-corrected chi connectivity index (χ4v) is 4.12. The molecule has 0 saturated carbocycles. The SMILES string of the molecule is COc1ccc([C@@H]2C[C@H](C(=O)NC(C)(C)C)N(C)S(=O)(=O)N2)cc1OC. The molecule has 1 aromatic rings. The molecule has 26 heavy (non-hydrogen) atoms. The van der Waals surface area contributed by atoms with Crippen LogP contribution < -0.4 is 19.5 Å². The standard InChI is InChI=1S/C17H27N3O5S/c1-17(2,3)18-16(21)13-10-12(19-26(22,23)20(13)4)11-7-8-14(24-5)15(9-11)25-6/h7-9,12-13,19H,10H2,1-6H3,(H,18,21)/t12-,13+/m0/s1. The minimum absolute atomic E-state index is 0.299. The number of benzene rings is 1. The van der Waals surface area contributed by atoms with E-state index in [4.69, 9.17) is 9.47 Å². The highest BCUT2D eigenvalue weighted by Gasteiger charge is 2.41. The number of ether oxygens (including phenoxy) is 2. The van der Waals surface area contributed by atoms with E-state index in [0.29, 0.717) is 23.5 Å². The van der Waals surface area contributed by atoms with Crippen LogP contribution in [0.5, 0.6) is 11.5 Å². The number of hydrogen-bond acceptors (Lipinski definition) is 5. The Kier molecular flexibility index (Phi) is 5.84. The van der Waals surface area contributed by atoms with Crippen molar-refractivity contribution in [2.45, 2.75) is 44.8 Å². The highest BCUT2D eigenvalue weighted by molar-refractivity contribution is 7.87.